The molecule has 0 saturated carbocycles. The fraction of sp³-hybridized carbons (Fsp3) is 0.300. The third-order valence-electron chi connectivity index (χ3n) is 3.56. The van der Waals surface area contributed by atoms with Gasteiger partial charge in [-0.25, -0.2) is 4.79 Å². The summed E-state index contributed by atoms with van der Waals surface area (Å²) in [6, 6.07) is 14.6. The molecule has 4 nitrogen and oxygen atoms in total. The third-order valence-corrected chi connectivity index (χ3v) is 3.56. The molecule has 0 amide bonds. The van der Waals surface area contributed by atoms with E-state index in [-0.39, 0.29) is 11.9 Å². The summed E-state index contributed by atoms with van der Waals surface area (Å²) in [5, 5.41) is 0. The Bertz CT molecular complexity index is 672. The predicted octanol–water partition coefficient (Wildman–Crippen LogP) is 4.63. The number of carbonyl (C=O) groups is 2. The number of benzene rings is 2. The van der Waals surface area contributed by atoms with Crippen LogP contribution < -0.4 is 4.74 Å². The molecule has 0 saturated heterocycles. The molecule has 2 rings (SSSR count). The van der Waals surface area contributed by atoms with E-state index in [9.17, 15) is 9.59 Å². The molecular formula is C20H22O4. The summed E-state index contributed by atoms with van der Waals surface area (Å²) in [6.45, 7) is 4.26. The van der Waals surface area contributed by atoms with Crippen molar-refractivity contribution in [3.8, 4) is 16.9 Å². The monoisotopic (exact) mass is 326 g/mol. The second-order valence-corrected chi connectivity index (χ2v) is 5.42. The first-order valence-corrected chi connectivity index (χ1v) is 8.22. The van der Waals surface area contributed by atoms with E-state index in [2.05, 4.69) is 6.92 Å². The van der Waals surface area contributed by atoms with E-state index in [0.29, 0.717) is 24.3 Å². The second kappa shape index (κ2) is 8.87. The fourth-order valence-corrected chi connectivity index (χ4v) is 2.11. The van der Waals surface area contributed by atoms with Crippen molar-refractivity contribution in [1.82, 2.24) is 0 Å². The van der Waals surface area contributed by atoms with E-state index < -0.39 is 0 Å². The molecular weight excluding hydrogens is 304 g/mol. The van der Waals surface area contributed by atoms with Crippen molar-refractivity contribution >= 4 is 11.9 Å². The first-order valence-electron chi connectivity index (χ1n) is 8.22. The van der Waals surface area contributed by atoms with Gasteiger partial charge in [0, 0.05) is 6.42 Å². The molecule has 4 heteroatoms. The molecule has 0 bridgehead atoms. The number of unbranched alkanes of at least 4 members (excludes halogenated alkanes) is 1. The van der Waals surface area contributed by atoms with Crippen LogP contribution in [-0.4, -0.2) is 18.5 Å². The fourth-order valence-electron chi connectivity index (χ4n) is 2.11. The number of ether oxygens (including phenoxy) is 2. The first kappa shape index (κ1) is 17.7. The Morgan fingerprint density at radius 2 is 1.46 bits per heavy atom. The van der Waals surface area contributed by atoms with Gasteiger partial charge in [-0.2, -0.15) is 0 Å². The molecule has 0 radical (unpaired) electrons. The summed E-state index contributed by atoms with van der Waals surface area (Å²) in [6.07, 6.45) is 2.21. The normalized spacial score (nSPS) is 10.2. The third kappa shape index (κ3) is 4.95. The zero-order valence-electron chi connectivity index (χ0n) is 14.1. The van der Waals surface area contributed by atoms with Crippen LogP contribution >= 0.6 is 0 Å². The van der Waals surface area contributed by atoms with Gasteiger partial charge in [0.05, 0.1) is 12.2 Å². The van der Waals surface area contributed by atoms with Crippen molar-refractivity contribution in [2.24, 2.45) is 0 Å². The molecule has 126 valence electrons. The minimum Gasteiger partial charge on any atom is -0.462 e. The van der Waals surface area contributed by atoms with E-state index in [1.54, 1.807) is 31.2 Å². The molecule has 2 aromatic carbocycles. The highest BCUT2D eigenvalue weighted by atomic mass is 16.5. The van der Waals surface area contributed by atoms with E-state index in [4.69, 9.17) is 9.47 Å². The van der Waals surface area contributed by atoms with Gasteiger partial charge < -0.3 is 9.47 Å². The lowest BCUT2D eigenvalue weighted by Crippen LogP contribution is -2.06. The molecule has 0 aromatic heterocycles. The zero-order valence-corrected chi connectivity index (χ0v) is 14.1. The molecule has 0 aliphatic rings. The maximum absolute atomic E-state index is 11.9. The van der Waals surface area contributed by atoms with Gasteiger partial charge in [0.1, 0.15) is 5.75 Å². The van der Waals surface area contributed by atoms with E-state index in [1.165, 1.54) is 0 Å². The summed E-state index contributed by atoms with van der Waals surface area (Å²) >= 11 is 0. The van der Waals surface area contributed by atoms with Gasteiger partial charge in [-0.15, -0.1) is 0 Å². The summed E-state index contributed by atoms with van der Waals surface area (Å²) in [5.41, 5.74) is 2.51. The van der Waals surface area contributed by atoms with Crippen LogP contribution in [0.1, 0.15) is 43.5 Å². The van der Waals surface area contributed by atoms with Crippen molar-refractivity contribution in [2.75, 3.05) is 6.61 Å². The van der Waals surface area contributed by atoms with Gasteiger partial charge in [0.2, 0.25) is 0 Å². The Labute approximate surface area is 142 Å². The molecule has 0 unspecified atom stereocenters. The standard InChI is InChI=1S/C20H22O4/c1-3-5-14-23-20(22)17-8-6-15(7-9-17)16-10-12-18(13-11-16)24-19(21)4-2/h6-13H,3-5,14H2,1-2H3. The predicted molar refractivity (Wildman–Crippen MR) is 93.0 cm³/mol. The molecule has 0 heterocycles. The maximum atomic E-state index is 11.9. The topological polar surface area (TPSA) is 52.6 Å². The van der Waals surface area contributed by atoms with Crippen LogP contribution in [0.25, 0.3) is 11.1 Å². The minimum atomic E-state index is -0.295. The molecule has 0 aliphatic heterocycles. The average molecular weight is 326 g/mol. The van der Waals surface area contributed by atoms with Crippen LogP contribution in [-0.2, 0) is 9.53 Å². The van der Waals surface area contributed by atoms with Crippen molar-refractivity contribution < 1.29 is 19.1 Å². The Morgan fingerprint density at radius 3 is 2.00 bits per heavy atom. The summed E-state index contributed by atoms with van der Waals surface area (Å²) in [4.78, 5) is 23.1. The van der Waals surface area contributed by atoms with Crippen molar-refractivity contribution in [2.45, 2.75) is 33.1 Å². The Hall–Kier alpha value is -2.62. The number of rotatable bonds is 7. The van der Waals surface area contributed by atoms with Gasteiger partial charge in [0.15, 0.2) is 0 Å². The highest BCUT2D eigenvalue weighted by molar-refractivity contribution is 5.90. The number of hydrogen-bond donors (Lipinski definition) is 0. The lowest BCUT2D eigenvalue weighted by molar-refractivity contribution is -0.134. The number of carbonyl (C=O) groups excluding carboxylic acids is 2. The SMILES string of the molecule is CCCCOC(=O)c1ccc(-c2ccc(OC(=O)CC)cc2)cc1. The maximum Gasteiger partial charge on any atom is 0.338 e. The number of esters is 2. The smallest absolute Gasteiger partial charge is 0.338 e. The van der Waals surface area contributed by atoms with Gasteiger partial charge >= 0.3 is 11.9 Å². The van der Waals surface area contributed by atoms with Crippen LogP contribution in [0.5, 0.6) is 5.75 Å². The van der Waals surface area contributed by atoms with Gasteiger partial charge in [-0.3, -0.25) is 4.79 Å². The Balaban J connectivity index is 2.02. The van der Waals surface area contributed by atoms with Gasteiger partial charge in [-0.1, -0.05) is 44.5 Å². The van der Waals surface area contributed by atoms with E-state index in [0.717, 1.165) is 24.0 Å². The first-order chi connectivity index (χ1) is 11.6. The molecule has 2 aromatic rings. The second-order valence-electron chi connectivity index (χ2n) is 5.42. The zero-order chi connectivity index (χ0) is 17.4. The largest absolute Gasteiger partial charge is 0.462 e. The van der Waals surface area contributed by atoms with E-state index in [1.807, 2.05) is 24.3 Å². The van der Waals surface area contributed by atoms with Crippen LogP contribution in [0.3, 0.4) is 0 Å². The average Bonchev–Trinajstić information content (AvgIpc) is 2.62. The molecule has 0 aliphatic carbocycles. The Morgan fingerprint density at radius 1 is 0.875 bits per heavy atom. The van der Waals surface area contributed by atoms with Crippen LogP contribution in [0.4, 0.5) is 0 Å². The van der Waals surface area contributed by atoms with E-state index >= 15 is 0 Å². The van der Waals surface area contributed by atoms with Crippen LogP contribution in [0.2, 0.25) is 0 Å². The van der Waals surface area contributed by atoms with Crippen molar-refractivity contribution in [3.05, 3.63) is 54.1 Å². The highest BCUT2D eigenvalue weighted by Gasteiger charge is 2.07. The summed E-state index contributed by atoms with van der Waals surface area (Å²) in [5.74, 6) is -0.0211. The quantitative estimate of drug-likeness (QED) is 0.423. The molecule has 0 fully saturated rings. The Kier molecular flexibility index (Phi) is 6.55. The minimum absolute atomic E-state index is 0.256. The number of hydrogen-bond acceptors (Lipinski definition) is 4. The lowest BCUT2D eigenvalue weighted by Gasteiger charge is -2.07. The van der Waals surface area contributed by atoms with Crippen molar-refractivity contribution in [3.63, 3.8) is 0 Å². The highest BCUT2D eigenvalue weighted by Crippen LogP contribution is 2.23. The van der Waals surface area contributed by atoms with Crippen LogP contribution in [0, 0.1) is 0 Å². The molecule has 24 heavy (non-hydrogen) atoms. The van der Waals surface area contributed by atoms with Gasteiger partial charge in [0.25, 0.3) is 0 Å². The molecule has 0 N–H and O–H groups in total. The molecule has 0 atom stereocenters. The summed E-state index contributed by atoms with van der Waals surface area (Å²) in [7, 11) is 0. The van der Waals surface area contributed by atoms with Crippen LogP contribution in [0.15, 0.2) is 48.5 Å². The molecule has 0 spiro atoms. The summed E-state index contributed by atoms with van der Waals surface area (Å²) < 4.78 is 10.3. The lowest BCUT2D eigenvalue weighted by atomic mass is 10.0. The van der Waals surface area contributed by atoms with Gasteiger partial charge in [-0.05, 0) is 41.8 Å². The van der Waals surface area contributed by atoms with Crippen molar-refractivity contribution in [1.29, 1.82) is 0 Å².